The number of aliphatic hydroxyl groups is 1. The minimum absolute atomic E-state index is 0.0800. The van der Waals surface area contributed by atoms with Crippen LogP contribution < -0.4 is 22.2 Å². The largest absolute Gasteiger partial charge is 0.394 e. The number of aryl methyl sites for hydroxylation is 1. The van der Waals surface area contributed by atoms with Crippen molar-refractivity contribution < 1.29 is 5.11 Å². The number of aliphatic hydroxyl groups excluding tert-OH is 1. The average molecular weight is 483 g/mol. The molecule has 1 aliphatic heterocycles. The Morgan fingerprint density at radius 1 is 1.03 bits per heavy atom. The van der Waals surface area contributed by atoms with Crippen molar-refractivity contribution in [2.75, 3.05) is 18.8 Å². The number of nitrogens with zero attached hydrogens (tertiary/aromatic N) is 2. The molecule has 2 aliphatic rings. The zero-order chi connectivity index (χ0) is 25.0. The van der Waals surface area contributed by atoms with Crippen LogP contribution in [0.2, 0.25) is 0 Å². The highest BCUT2D eigenvalue weighted by Gasteiger charge is 2.27. The molecule has 0 bridgehead atoms. The molecule has 1 unspecified atom stereocenters. The minimum Gasteiger partial charge on any atom is -0.394 e. The molecule has 0 spiro atoms. The molecule has 3 heterocycles. The molecule has 6 rings (SSSR count). The molecule has 2 fully saturated rings. The van der Waals surface area contributed by atoms with E-state index in [4.69, 9.17) is 5.73 Å². The Morgan fingerprint density at radius 2 is 1.86 bits per heavy atom. The van der Waals surface area contributed by atoms with E-state index < -0.39 is 0 Å². The molecule has 0 amide bonds. The summed E-state index contributed by atoms with van der Waals surface area (Å²) in [5.74, 6) is 0.801. The van der Waals surface area contributed by atoms with Crippen LogP contribution >= 0.6 is 0 Å². The molecule has 1 saturated heterocycles. The van der Waals surface area contributed by atoms with Crippen molar-refractivity contribution in [1.82, 2.24) is 14.5 Å². The number of fused-ring (bicyclic) bond motifs is 1. The van der Waals surface area contributed by atoms with Gasteiger partial charge in [0, 0.05) is 47.9 Å². The lowest BCUT2D eigenvalue weighted by Gasteiger charge is -2.22. The maximum absolute atomic E-state index is 14.1. The fourth-order valence-electron chi connectivity index (χ4n) is 5.59. The highest BCUT2D eigenvalue weighted by molar-refractivity contribution is 5.84. The van der Waals surface area contributed by atoms with E-state index >= 15 is 0 Å². The second kappa shape index (κ2) is 8.76. The standard InChI is InChI=1S/C29H30N4O3/c1-32-15-21(12-25(30)29(32)36)22-3-2-4-26(24(22)16-34)33-27(19-9-10-31-14-19)13-20-11-18(17-5-6-17)7-8-23(20)28(33)35/h2-4,7-8,11-13,15,17,19,31,34H,5-6,9-10,14,16,30H2,1H3. The SMILES string of the molecule is Cn1cc(-c2cccc(-n3c(C4CCNC4)cc4cc(C5CC5)ccc4c3=O)c2CO)cc(N)c1=O. The highest BCUT2D eigenvalue weighted by Crippen LogP contribution is 2.41. The van der Waals surface area contributed by atoms with Crippen LogP contribution in [-0.4, -0.2) is 27.3 Å². The van der Waals surface area contributed by atoms with E-state index in [1.165, 1.54) is 23.0 Å². The summed E-state index contributed by atoms with van der Waals surface area (Å²) in [6.45, 7) is 1.45. The number of nitrogens with one attached hydrogen (secondary N) is 1. The van der Waals surface area contributed by atoms with Crippen LogP contribution in [0.5, 0.6) is 0 Å². The van der Waals surface area contributed by atoms with Gasteiger partial charge in [-0.25, -0.2) is 0 Å². The van der Waals surface area contributed by atoms with Crippen LogP contribution in [0, 0.1) is 0 Å². The summed E-state index contributed by atoms with van der Waals surface area (Å²) < 4.78 is 3.23. The molecule has 184 valence electrons. The van der Waals surface area contributed by atoms with Crippen LogP contribution in [0.3, 0.4) is 0 Å². The summed E-state index contributed by atoms with van der Waals surface area (Å²) >= 11 is 0. The van der Waals surface area contributed by atoms with E-state index in [0.29, 0.717) is 28.1 Å². The van der Waals surface area contributed by atoms with Crippen molar-refractivity contribution in [3.8, 4) is 16.8 Å². The van der Waals surface area contributed by atoms with Crippen LogP contribution in [0.25, 0.3) is 27.6 Å². The Bertz CT molecular complexity index is 1580. The predicted molar refractivity (Wildman–Crippen MR) is 143 cm³/mol. The second-order valence-corrected chi connectivity index (χ2v) is 10.1. The third-order valence-corrected chi connectivity index (χ3v) is 7.67. The Kier molecular flexibility index (Phi) is 5.54. The first-order valence-electron chi connectivity index (χ1n) is 12.6. The van der Waals surface area contributed by atoms with Gasteiger partial charge in [-0.2, -0.15) is 0 Å². The number of anilines is 1. The van der Waals surface area contributed by atoms with Gasteiger partial charge in [0.15, 0.2) is 0 Å². The lowest BCUT2D eigenvalue weighted by Crippen LogP contribution is -2.26. The monoisotopic (exact) mass is 482 g/mol. The predicted octanol–water partition coefficient (Wildman–Crippen LogP) is 3.39. The summed E-state index contributed by atoms with van der Waals surface area (Å²) in [7, 11) is 1.65. The molecular weight excluding hydrogens is 452 g/mol. The molecule has 4 N–H and O–H groups in total. The van der Waals surface area contributed by atoms with Crippen molar-refractivity contribution >= 4 is 16.5 Å². The molecule has 7 heteroatoms. The van der Waals surface area contributed by atoms with Gasteiger partial charge in [0.25, 0.3) is 11.1 Å². The fraction of sp³-hybridized carbons (Fsp3) is 0.310. The molecule has 36 heavy (non-hydrogen) atoms. The van der Waals surface area contributed by atoms with Gasteiger partial charge in [-0.1, -0.05) is 24.3 Å². The molecule has 4 aromatic rings. The third kappa shape index (κ3) is 3.75. The fourth-order valence-corrected chi connectivity index (χ4v) is 5.59. The van der Waals surface area contributed by atoms with Crippen LogP contribution in [-0.2, 0) is 13.7 Å². The van der Waals surface area contributed by atoms with Gasteiger partial charge in [0.05, 0.1) is 18.0 Å². The molecular formula is C29H30N4O3. The van der Waals surface area contributed by atoms with E-state index in [9.17, 15) is 14.7 Å². The first-order chi connectivity index (χ1) is 17.5. The number of nitrogens with two attached hydrogens (primary N) is 1. The molecule has 1 atom stereocenters. The normalized spacial score (nSPS) is 17.7. The molecule has 0 radical (unpaired) electrons. The zero-order valence-electron chi connectivity index (χ0n) is 20.3. The number of benzene rings is 2. The third-order valence-electron chi connectivity index (χ3n) is 7.67. The van der Waals surface area contributed by atoms with Crippen LogP contribution in [0.4, 0.5) is 5.69 Å². The Balaban J connectivity index is 1.61. The second-order valence-electron chi connectivity index (χ2n) is 10.1. The lowest BCUT2D eigenvalue weighted by atomic mass is 9.96. The molecule has 2 aromatic carbocycles. The molecule has 1 saturated carbocycles. The van der Waals surface area contributed by atoms with E-state index in [-0.39, 0.29) is 29.3 Å². The van der Waals surface area contributed by atoms with Crippen molar-refractivity contribution in [1.29, 1.82) is 0 Å². The number of hydrogen-bond acceptors (Lipinski definition) is 5. The topological polar surface area (TPSA) is 102 Å². The Labute approximate surface area is 208 Å². The minimum atomic E-state index is -0.271. The van der Waals surface area contributed by atoms with Crippen molar-refractivity contribution in [2.45, 2.75) is 37.7 Å². The summed E-state index contributed by atoms with van der Waals surface area (Å²) in [6, 6.07) is 15.7. The summed E-state index contributed by atoms with van der Waals surface area (Å²) in [5, 5.41) is 15.6. The number of pyridine rings is 2. The quantitative estimate of drug-likeness (QED) is 0.405. The summed E-state index contributed by atoms with van der Waals surface area (Å²) in [6.07, 6.45) is 5.08. The summed E-state index contributed by atoms with van der Waals surface area (Å²) in [5.41, 5.74) is 10.8. The molecule has 7 nitrogen and oxygen atoms in total. The van der Waals surface area contributed by atoms with Crippen LogP contribution in [0.15, 0.2) is 64.3 Å². The number of nitrogen functional groups attached to an aromatic ring is 1. The summed E-state index contributed by atoms with van der Waals surface area (Å²) in [4.78, 5) is 26.2. The van der Waals surface area contributed by atoms with Gasteiger partial charge >= 0.3 is 0 Å². The zero-order valence-corrected chi connectivity index (χ0v) is 20.3. The Morgan fingerprint density at radius 3 is 2.56 bits per heavy atom. The number of aromatic nitrogens is 2. The van der Waals surface area contributed by atoms with Gasteiger partial charge in [-0.05, 0) is 72.5 Å². The van der Waals surface area contributed by atoms with E-state index in [1.807, 2.05) is 24.3 Å². The van der Waals surface area contributed by atoms with Gasteiger partial charge in [0.1, 0.15) is 0 Å². The van der Waals surface area contributed by atoms with Gasteiger partial charge < -0.3 is 20.7 Å². The van der Waals surface area contributed by atoms with Crippen molar-refractivity contribution in [3.05, 3.63) is 92.3 Å². The first kappa shape index (κ1) is 22.8. The van der Waals surface area contributed by atoms with Gasteiger partial charge in [-0.3, -0.25) is 14.2 Å². The highest BCUT2D eigenvalue weighted by atomic mass is 16.3. The molecule has 2 aromatic heterocycles. The number of rotatable bonds is 5. The van der Waals surface area contributed by atoms with Crippen molar-refractivity contribution in [2.24, 2.45) is 7.05 Å². The smallest absolute Gasteiger partial charge is 0.273 e. The maximum Gasteiger partial charge on any atom is 0.273 e. The maximum atomic E-state index is 14.1. The Hall–Kier alpha value is -3.68. The number of hydrogen-bond donors (Lipinski definition) is 3. The van der Waals surface area contributed by atoms with Crippen molar-refractivity contribution in [3.63, 3.8) is 0 Å². The van der Waals surface area contributed by atoms with E-state index in [0.717, 1.165) is 36.2 Å². The lowest BCUT2D eigenvalue weighted by molar-refractivity contribution is 0.282. The average Bonchev–Trinajstić information content (AvgIpc) is 3.59. The van der Waals surface area contributed by atoms with Gasteiger partial charge in [0.2, 0.25) is 0 Å². The van der Waals surface area contributed by atoms with Gasteiger partial charge in [-0.15, -0.1) is 0 Å². The van der Waals surface area contributed by atoms with E-state index in [2.05, 4.69) is 23.5 Å². The van der Waals surface area contributed by atoms with E-state index in [1.54, 1.807) is 23.9 Å². The van der Waals surface area contributed by atoms with Crippen LogP contribution in [0.1, 0.15) is 47.9 Å². The molecule has 1 aliphatic carbocycles. The first-order valence-corrected chi connectivity index (χ1v) is 12.6.